The van der Waals surface area contributed by atoms with Gasteiger partial charge in [0, 0.05) is 13.1 Å². The molecule has 1 unspecified atom stereocenters. The predicted molar refractivity (Wildman–Crippen MR) is 81.4 cm³/mol. The van der Waals surface area contributed by atoms with Crippen LogP contribution in [-0.2, 0) is 14.4 Å². The summed E-state index contributed by atoms with van der Waals surface area (Å²) in [6.07, 6.45) is -6.39. The molecule has 2 N–H and O–H groups in total. The number of carboxylic acids is 1. The summed E-state index contributed by atoms with van der Waals surface area (Å²) in [5.41, 5.74) is 0.436. The number of carboxylic acid groups (broad SMARTS) is 1. The van der Waals surface area contributed by atoms with Crippen LogP contribution in [0.15, 0.2) is 24.3 Å². The summed E-state index contributed by atoms with van der Waals surface area (Å²) in [6.45, 7) is -1.30. The van der Waals surface area contributed by atoms with Crippen LogP contribution in [0.5, 0.6) is 5.75 Å². The number of rotatable bonds is 3. The van der Waals surface area contributed by atoms with Gasteiger partial charge < -0.3 is 20.1 Å². The molecule has 0 aliphatic carbocycles. The number of aliphatic carboxylic acids is 1. The highest BCUT2D eigenvalue weighted by molar-refractivity contribution is 6.00. The number of hydrogen-bond acceptors (Lipinski definition) is 4. The second kappa shape index (κ2) is 6.50. The van der Waals surface area contributed by atoms with Gasteiger partial charge in [0.15, 0.2) is 6.10 Å². The average molecular weight is 372 g/mol. The van der Waals surface area contributed by atoms with Crippen LogP contribution >= 0.6 is 0 Å². The minimum Gasteiger partial charge on any atom is -0.481 e. The molecule has 0 radical (unpaired) electrons. The lowest BCUT2D eigenvalue weighted by Crippen LogP contribution is -2.42. The number of carbonyl (C=O) groups is 3. The molecule has 2 aliphatic heterocycles. The van der Waals surface area contributed by atoms with Crippen LogP contribution in [0.2, 0.25) is 0 Å². The lowest BCUT2D eigenvalue weighted by Gasteiger charge is -2.27. The topological polar surface area (TPSA) is 95.9 Å². The van der Waals surface area contributed by atoms with Gasteiger partial charge in [0.2, 0.25) is 5.91 Å². The van der Waals surface area contributed by atoms with Gasteiger partial charge >= 0.3 is 12.1 Å². The number of para-hydroxylation sites is 2. The van der Waals surface area contributed by atoms with Crippen molar-refractivity contribution in [2.75, 3.05) is 18.4 Å². The van der Waals surface area contributed by atoms with Gasteiger partial charge in [-0.2, -0.15) is 13.2 Å². The number of ether oxygens (including phenoxy) is 1. The summed E-state index contributed by atoms with van der Waals surface area (Å²) in [7, 11) is 0. The molecular weight excluding hydrogens is 357 g/mol. The monoisotopic (exact) mass is 372 g/mol. The molecule has 140 valence electrons. The number of hydrogen-bond donors (Lipinski definition) is 2. The Labute approximate surface area is 145 Å². The number of carbonyl (C=O) groups excluding carboxylic acids is 2. The van der Waals surface area contributed by atoms with Crippen molar-refractivity contribution in [2.45, 2.75) is 18.7 Å². The van der Waals surface area contributed by atoms with Gasteiger partial charge in [-0.25, -0.2) is 0 Å². The van der Waals surface area contributed by atoms with Crippen LogP contribution in [0.1, 0.15) is 6.42 Å². The molecule has 3 rings (SSSR count). The van der Waals surface area contributed by atoms with E-state index in [1.54, 1.807) is 24.3 Å². The molecule has 10 heteroatoms. The van der Waals surface area contributed by atoms with Gasteiger partial charge in [0.25, 0.3) is 5.91 Å². The summed E-state index contributed by atoms with van der Waals surface area (Å²) in [5, 5.41) is 11.5. The molecule has 26 heavy (non-hydrogen) atoms. The highest BCUT2D eigenvalue weighted by Gasteiger charge is 2.53. The lowest BCUT2D eigenvalue weighted by atomic mass is 9.96. The van der Waals surface area contributed by atoms with Gasteiger partial charge in [0.1, 0.15) is 5.75 Å². The lowest BCUT2D eigenvalue weighted by molar-refractivity contribution is -0.188. The summed E-state index contributed by atoms with van der Waals surface area (Å²) >= 11 is 0. The van der Waals surface area contributed by atoms with E-state index < -0.39 is 61.4 Å². The van der Waals surface area contributed by atoms with Crippen molar-refractivity contribution in [3.8, 4) is 5.75 Å². The Morgan fingerprint density at radius 1 is 1.27 bits per heavy atom. The number of fused-ring (bicyclic) bond motifs is 1. The zero-order valence-corrected chi connectivity index (χ0v) is 13.3. The zero-order valence-electron chi connectivity index (χ0n) is 13.3. The Kier molecular flexibility index (Phi) is 4.51. The highest BCUT2D eigenvalue weighted by Crippen LogP contribution is 2.38. The first-order chi connectivity index (χ1) is 12.2. The number of nitrogens with zero attached hydrogens (tertiary/aromatic N) is 1. The fourth-order valence-corrected chi connectivity index (χ4v) is 3.10. The highest BCUT2D eigenvalue weighted by atomic mass is 19.4. The number of alkyl halides is 3. The molecule has 1 aromatic rings. The van der Waals surface area contributed by atoms with Crippen molar-refractivity contribution in [1.29, 1.82) is 0 Å². The average Bonchev–Trinajstić information content (AvgIpc) is 3.01. The fourth-order valence-electron chi connectivity index (χ4n) is 3.10. The Morgan fingerprint density at radius 3 is 2.58 bits per heavy atom. The van der Waals surface area contributed by atoms with Crippen LogP contribution in [-0.4, -0.2) is 53.2 Å². The molecule has 0 saturated carbocycles. The maximum absolute atomic E-state index is 13.0. The first-order valence-corrected chi connectivity index (χ1v) is 7.80. The standard InChI is InChI=1S/C16H15F3N2O5/c17-16(18,19)9-7-21(6-8(9)15(24)25)13(22)5-12-14(23)20-10-3-1-2-4-11(10)26-12/h1-4,8-9,12H,5-7H2,(H,20,23)(H,24,25)/t8-,9-,12?/m1/s1. The van der Waals surface area contributed by atoms with Crippen LogP contribution < -0.4 is 10.1 Å². The third-order valence-corrected chi connectivity index (χ3v) is 4.48. The predicted octanol–water partition coefficient (Wildman–Crippen LogP) is 1.50. The molecule has 7 nitrogen and oxygen atoms in total. The maximum Gasteiger partial charge on any atom is 0.394 e. The largest absolute Gasteiger partial charge is 0.481 e. The molecule has 0 aromatic heterocycles. The minimum absolute atomic E-state index is 0.350. The smallest absolute Gasteiger partial charge is 0.394 e. The second-order valence-corrected chi connectivity index (χ2v) is 6.19. The fraction of sp³-hybridized carbons (Fsp3) is 0.438. The van der Waals surface area contributed by atoms with Crippen molar-refractivity contribution in [1.82, 2.24) is 4.90 Å². The van der Waals surface area contributed by atoms with Crippen molar-refractivity contribution < 1.29 is 37.4 Å². The van der Waals surface area contributed by atoms with E-state index >= 15 is 0 Å². The third-order valence-electron chi connectivity index (χ3n) is 4.48. The quantitative estimate of drug-likeness (QED) is 0.838. The molecule has 2 heterocycles. The number of benzene rings is 1. The normalized spacial score (nSPS) is 25.3. The first-order valence-electron chi connectivity index (χ1n) is 7.80. The minimum atomic E-state index is -4.73. The van der Waals surface area contributed by atoms with Gasteiger partial charge in [-0.1, -0.05) is 12.1 Å². The molecule has 1 fully saturated rings. The van der Waals surface area contributed by atoms with Crippen LogP contribution in [0.3, 0.4) is 0 Å². The molecule has 0 bridgehead atoms. The molecular formula is C16H15F3N2O5. The van der Waals surface area contributed by atoms with Crippen LogP contribution in [0, 0.1) is 11.8 Å². The van der Waals surface area contributed by atoms with E-state index in [4.69, 9.17) is 9.84 Å². The number of likely N-dealkylation sites (tertiary alicyclic amines) is 1. The van der Waals surface area contributed by atoms with E-state index in [1.807, 2.05) is 0 Å². The van der Waals surface area contributed by atoms with Crippen molar-refractivity contribution in [3.05, 3.63) is 24.3 Å². The van der Waals surface area contributed by atoms with E-state index in [-0.39, 0.29) is 0 Å². The summed E-state index contributed by atoms with van der Waals surface area (Å²) in [4.78, 5) is 36.2. The maximum atomic E-state index is 13.0. The molecule has 0 spiro atoms. The van der Waals surface area contributed by atoms with Crippen molar-refractivity contribution in [3.63, 3.8) is 0 Å². The molecule has 2 amide bonds. The van der Waals surface area contributed by atoms with Crippen molar-refractivity contribution in [2.24, 2.45) is 11.8 Å². The summed E-state index contributed by atoms with van der Waals surface area (Å²) < 4.78 is 44.5. The second-order valence-electron chi connectivity index (χ2n) is 6.19. The van der Waals surface area contributed by atoms with Crippen molar-refractivity contribution >= 4 is 23.5 Å². The molecule has 2 aliphatic rings. The van der Waals surface area contributed by atoms with E-state index in [2.05, 4.69) is 5.32 Å². The Morgan fingerprint density at radius 2 is 1.96 bits per heavy atom. The van der Waals surface area contributed by atoms with Gasteiger partial charge in [-0.05, 0) is 12.1 Å². The number of amides is 2. The zero-order chi connectivity index (χ0) is 19.1. The third kappa shape index (κ3) is 3.44. The van der Waals surface area contributed by atoms with Crippen LogP contribution in [0.25, 0.3) is 0 Å². The summed E-state index contributed by atoms with van der Waals surface area (Å²) in [5.74, 6) is -6.46. The van der Waals surface area contributed by atoms with Gasteiger partial charge in [0.05, 0.1) is 23.9 Å². The Hall–Kier alpha value is -2.78. The van der Waals surface area contributed by atoms with E-state index in [1.165, 1.54) is 0 Å². The van der Waals surface area contributed by atoms with E-state index in [0.29, 0.717) is 11.4 Å². The van der Waals surface area contributed by atoms with E-state index in [0.717, 1.165) is 4.90 Å². The summed E-state index contributed by atoms with van der Waals surface area (Å²) in [6, 6.07) is 6.54. The van der Waals surface area contributed by atoms with Gasteiger partial charge in [-0.15, -0.1) is 0 Å². The Balaban J connectivity index is 1.69. The first kappa shape index (κ1) is 18.0. The molecule has 3 atom stereocenters. The molecule has 1 aromatic carbocycles. The van der Waals surface area contributed by atoms with E-state index in [9.17, 15) is 27.6 Å². The SMILES string of the molecule is O=C1Nc2ccccc2OC1CC(=O)N1C[C@@H](C(F)(F)F)[C@H](C(=O)O)C1. The van der Waals surface area contributed by atoms with Crippen LogP contribution in [0.4, 0.5) is 18.9 Å². The Bertz CT molecular complexity index is 752. The number of nitrogens with one attached hydrogen (secondary N) is 1. The number of anilines is 1. The molecule has 1 saturated heterocycles. The number of halogens is 3. The van der Waals surface area contributed by atoms with Gasteiger partial charge in [-0.3, -0.25) is 14.4 Å².